The van der Waals surface area contributed by atoms with E-state index in [1.54, 1.807) is 36.7 Å². The summed E-state index contributed by atoms with van der Waals surface area (Å²) in [6.45, 7) is 0. The summed E-state index contributed by atoms with van der Waals surface area (Å²) in [6, 6.07) is 14.9. The number of alkyl halides is 3. The van der Waals surface area contributed by atoms with Gasteiger partial charge in [-0.2, -0.15) is 13.2 Å². The lowest BCUT2D eigenvalue weighted by Crippen LogP contribution is -2.12. The van der Waals surface area contributed by atoms with Gasteiger partial charge in [0, 0.05) is 23.6 Å². The third kappa shape index (κ3) is 4.03. The number of halogens is 3. The van der Waals surface area contributed by atoms with Crippen LogP contribution in [0.1, 0.15) is 15.9 Å². The van der Waals surface area contributed by atoms with Crippen LogP contribution in [0.25, 0.3) is 11.1 Å². The van der Waals surface area contributed by atoms with Gasteiger partial charge in [0.2, 0.25) is 0 Å². The van der Waals surface area contributed by atoms with E-state index in [-0.39, 0.29) is 0 Å². The van der Waals surface area contributed by atoms with E-state index in [0.29, 0.717) is 11.3 Å². The Bertz CT molecular complexity index is 858. The second-order valence-electron chi connectivity index (χ2n) is 5.35. The summed E-state index contributed by atoms with van der Waals surface area (Å²) < 4.78 is 37.6. The van der Waals surface area contributed by atoms with Crippen LogP contribution in [0.4, 0.5) is 18.9 Å². The van der Waals surface area contributed by atoms with Crippen molar-refractivity contribution in [1.82, 2.24) is 4.98 Å². The lowest BCUT2D eigenvalue weighted by atomic mass is 10.1. The highest BCUT2D eigenvalue weighted by molar-refractivity contribution is 6.04. The number of rotatable bonds is 3. The van der Waals surface area contributed by atoms with Gasteiger partial charge in [-0.3, -0.25) is 9.78 Å². The second-order valence-corrected chi connectivity index (χ2v) is 5.35. The number of nitrogens with zero attached hydrogens (tertiary/aromatic N) is 1. The van der Waals surface area contributed by atoms with Gasteiger partial charge >= 0.3 is 6.18 Å². The van der Waals surface area contributed by atoms with Crippen LogP contribution in [0.15, 0.2) is 73.1 Å². The molecule has 3 aromatic rings. The molecule has 0 fully saturated rings. The van der Waals surface area contributed by atoms with Gasteiger partial charge in [-0.15, -0.1) is 0 Å². The average Bonchev–Trinajstić information content (AvgIpc) is 2.62. The number of amides is 1. The summed E-state index contributed by atoms with van der Waals surface area (Å²) in [5.41, 5.74) is 1.80. The molecule has 25 heavy (non-hydrogen) atoms. The summed E-state index contributed by atoms with van der Waals surface area (Å²) in [5.74, 6) is -0.391. The minimum absolute atomic E-state index is 0.300. The van der Waals surface area contributed by atoms with E-state index in [4.69, 9.17) is 0 Å². The summed E-state index contributed by atoms with van der Waals surface area (Å²) >= 11 is 0. The molecule has 1 N–H and O–H groups in total. The van der Waals surface area contributed by atoms with Crippen LogP contribution in [0.5, 0.6) is 0 Å². The Hall–Kier alpha value is -3.15. The maximum atomic E-state index is 12.5. The first-order valence-electron chi connectivity index (χ1n) is 7.42. The number of carbonyl (C=O) groups is 1. The fourth-order valence-electron chi connectivity index (χ4n) is 2.29. The topological polar surface area (TPSA) is 42.0 Å². The second kappa shape index (κ2) is 6.76. The average molecular weight is 342 g/mol. The van der Waals surface area contributed by atoms with Crippen LogP contribution in [0.3, 0.4) is 0 Å². The molecule has 0 saturated heterocycles. The molecule has 0 bridgehead atoms. The minimum atomic E-state index is -4.40. The molecule has 0 aliphatic carbocycles. The predicted molar refractivity (Wildman–Crippen MR) is 89.1 cm³/mol. The van der Waals surface area contributed by atoms with Crippen molar-refractivity contribution in [2.24, 2.45) is 0 Å². The smallest absolute Gasteiger partial charge is 0.322 e. The number of aromatic nitrogens is 1. The molecule has 6 heteroatoms. The number of benzene rings is 2. The van der Waals surface area contributed by atoms with Gasteiger partial charge in [0.1, 0.15) is 0 Å². The minimum Gasteiger partial charge on any atom is -0.322 e. The van der Waals surface area contributed by atoms with Gasteiger partial charge in [-0.05, 0) is 53.6 Å². The summed E-state index contributed by atoms with van der Waals surface area (Å²) in [5, 5.41) is 2.58. The van der Waals surface area contributed by atoms with Gasteiger partial charge < -0.3 is 5.32 Å². The summed E-state index contributed by atoms with van der Waals surface area (Å²) in [4.78, 5) is 16.2. The fourth-order valence-corrected chi connectivity index (χ4v) is 2.29. The molecule has 2 aromatic carbocycles. The zero-order valence-corrected chi connectivity index (χ0v) is 12.9. The molecule has 1 heterocycles. The van der Waals surface area contributed by atoms with Crippen molar-refractivity contribution in [2.75, 3.05) is 5.32 Å². The van der Waals surface area contributed by atoms with Crippen molar-refractivity contribution in [3.8, 4) is 11.1 Å². The zero-order valence-electron chi connectivity index (χ0n) is 12.9. The number of nitrogens with one attached hydrogen (secondary N) is 1. The normalized spacial score (nSPS) is 11.2. The predicted octanol–water partition coefficient (Wildman–Crippen LogP) is 5.02. The van der Waals surface area contributed by atoms with Crippen molar-refractivity contribution < 1.29 is 18.0 Å². The highest BCUT2D eigenvalue weighted by Crippen LogP contribution is 2.30. The van der Waals surface area contributed by atoms with Crippen LogP contribution in [0.2, 0.25) is 0 Å². The summed E-state index contributed by atoms with van der Waals surface area (Å²) in [6.07, 6.45) is -1.00. The zero-order chi connectivity index (χ0) is 17.9. The summed E-state index contributed by atoms with van der Waals surface area (Å²) in [7, 11) is 0. The van der Waals surface area contributed by atoms with Crippen molar-refractivity contribution in [3.05, 3.63) is 84.2 Å². The van der Waals surface area contributed by atoms with Crippen molar-refractivity contribution in [1.29, 1.82) is 0 Å². The molecule has 3 rings (SSSR count). The highest BCUT2D eigenvalue weighted by atomic mass is 19.4. The maximum Gasteiger partial charge on any atom is 0.416 e. The van der Waals surface area contributed by atoms with Crippen molar-refractivity contribution in [2.45, 2.75) is 6.18 Å². The molecule has 0 atom stereocenters. The van der Waals surface area contributed by atoms with Crippen LogP contribution >= 0.6 is 0 Å². The maximum absolute atomic E-state index is 12.5. The van der Waals surface area contributed by atoms with Crippen LogP contribution < -0.4 is 5.32 Å². The Labute approximate surface area is 142 Å². The fraction of sp³-hybridized carbons (Fsp3) is 0.0526. The largest absolute Gasteiger partial charge is 0.416 e. The lowest BCUT2D eigenvalue weighted by molar-refractivity contribution is -0.137. The molecule has 0 spiro atoms. The number of pyridine rings is 1. The Morgan fingerprint density at radius 2 is 1.56 bits per heavy atom. The Morgan fingerprint density at radius 1 is 0.880 bits per heavy atom. The van der Waals surface area contributed by atoms with Crippen molar-refractivity contribution in [3.63, 3.8) is 0 Å². The Kier molecular flexibility index (Phi) is 4.52. The number of anilines is 1. The standard InChI is InChI=1S/C19H13F3N2O/c20-19(21,22)16-7-9-17(10-8-16)24-18(25)14-5-3-13(4-6-14)15-2-1-11-23-12-15/h1-12H,(H,24,25). The number of carbonyl (C=O) groups excluding carboxylic acids is 1. The molecule has 0 radical (unpaired) electrons. The monoisotopic (exact) mass is 342 g/mol. The molecule has 0 unspecified atom stereocenters. The van der Waals surface area contributed by atoms with E-state index in [1.165, 1.54) is 12.1 Å². The first-order valence-corrected chi connectivity index (χ1v) is 7.42. The van der Waals surface area contributed by atoms with E-state index in [1.807, 2.05) is 12.1 Å². The van der Waals surface area contributed by atoms with E-state index < -0.39 is 17.6 Å². The van der Waals surface area contributed by atoms with Crippen LogP contribution in [0, 0.1) is 0 Å². The van der Waals surface area contributed by atoms with Gasteiger partial charge in [0.25, 0.3) is 5.91 Å². The molecule has 0 saturated carbocycles. The van der Waals surface area contributed by atoms with Gasteiger partial charge in [-0.1, -0.05) is 18.2 Å². The molecule has 0 aliphatic heterocycles. The highest BCUT2D eigenvalue weighted by Gasteiger charge is 2.29. The molecule has 3 nitrogen and oxygen atoms in total. The molecule has 0 aliphatic rings. The molecule has 1 aromatic heterocycles. The Morgan fingerprint density at radius 3 is 2.12 bits per heavy atom. The Balaban J connectivity index is 1.71. The third-order valence-electron chi connectivity index (χ3n) is 3.61. The van der Waals surface area contributed by atoms with E-state index in [9.17, 15) is 18.0 Å². The molecular formula is C19H13F3N2O. The lowest BCUT2D eigenvalue weighted by Gasteiger charge is -2.09. The van der Waals surface area contributed by atoms with Gasteiger partial charge in [-0.25, -0.2) is 0 Å². The van der Waals surface area contributed by atoms with E-state index >= 15 is 0 Å². The SMILES string of the molecule is O=C(Nc1ccc(C(F)(F)F)cc1)c1ccc(-c2cccnc2)cc1. The van der Waals surface area contributed by atoms with E-state index in [0.717, 1.165) is 23.3 Å². The van der Waals surface area contributed by atoms with Crippen LogP contribution in [-0.2, 0) is 6.18 Å². The van der Waals surface area contributed by atoms with Gasteiger partial charge in [0.05, 0.1) is 5.56 Å². The number of hydrogen-bond acceptors (Lipinski definition) is 2. The first kappa shape index (κ1) is 16.7. The molecule has 126 valence electrons. The number of hydrogen-bond donors (Lipinski definition) is 1. The van der Waals surface area contributed by atoms with Gasteiger partial charge in [0.15, 0.2) is 0 Å². The van der Waals surface area contributed by atoms with Crippen LogP contribution in [-0.4, -0.2) is 10.9 Å². The first-order chi connectivity index (χ1) is 11.9. The van der Waals surface area contributed by atoms with Crippen molar-refractivity contribution >= 4 is 11.6 Å². The quantitative estimate of drug-likeness (QED) is 0.726. The third-order valence-corrected chi connectivity index (χ3v) is 3.61. The molecular weight excluding hydrogens is 329 g/mol. The molecule has 1 amide bonds. The van der Waals surface area contributed by atoms with E-state index in [2.05, 4.69) is 10.3 Å².